The molecule has 0 amide bonds. The molecular weight excluding hydrogens is 653 g/mol. The maximum Gasteiger partial charge on any atom is 0.0625 e. The minimum absolute atomic E-state index is 1.12. The fourth-order valence-corrected chi connectivity index (χ4v) is 8.65. The molecule has 10 aromatic carbocycles. The number of hydrogen-bond acceptors (Lipinski definition) is 1. The Morgan fingerprint density at radius 3 is 1.63 bits per heavy atom. The van der Waals surface area contributed by atoms with Crippen LogP contribution in [0.5, 0.6) is 0 Å². The number of aromatic nitrogens is 1. The van der Waals surface area contributed by atoms with Crippen molar-refractivity contribution in [2.75, 3.05) is 4.90 Å². The molecule has 0 spiro atoms. The van der Waals surface area contributed by atoms with Crippen LogP contribution in [0.2, 0.25) is 0 Å². The van der Waals surface area contributed by atoms with Gasteiger partial charge < -0.3 is 9.47 Å². The largest absolute Gasteiger partial charge is 0.310 e. The van der Waals surface area contributed by atoms with E-state index in [2.05, 4.69) is 216 Å². The van der Waals surface area contributed by atoms with Crippen LogP contribution in [0.3, 0.4) is 0 Å². The molecule has 2 nitrogen and oxygen atoms in total. The number of nitrogens with zero attached hydrogens (tertiary/aromatic N) is 2. The molecule has 0 radical (unpaired) electrons. The third-order valence-electron chi connectivity index (χ3n) is 11.1. The van der Waals surface area contributed by atoms with Crippen molar-refractivity contribution in [3.63, 3.8) is 0 Å². The second-order valence-corrected chi connectivity index (χ2v) is 14.1. The fourth-order valence-electron chi connectivity index (χ4n) is 8.65. The van der Waals surface area contributed by atoms with Gasteiger partial charge in [0.25, 0.3) is 0 Å². The zero-order chi connectivity index (χ0) is 35.6. The lowest BCUT2D eigenvalue weighted by Gasteiger charge is -2.27. The molecule has 0 saturated carbocycles. The van der Waals surface area contributed by atoms with Crippen LogP contribution in [0.25, 0.3) is 81.7 Å². The molecule has 11 rings (SSSR count). The van der Waals surface area contributed by atoms with Crippen LogP contribution in [0.15, 0.2) is 206 Å². The molecule has 0 bridgehead atoms. The number of hydrogen-bond donors (Lipinski definition) is 0. The van der Waals surface area contributed by atoms with Gasteiger partial charge in [0, 0.05) is 38.6 Å². The Hall–Kier alpha value is -7.16. The van der Waals surface area contributed by atoms with Gasteiger partial charge in [-0.25, -0.2) is 0 Å². The van der Waals surface area contributed by atoms with E-state index >= 15 is 0 Å². The molecule has 0 aliphatic rings. The van der Waals surface area contributed by atoms with Crippen molar-refractivity contribution < 1.29 is 0 Å². The Balaban J connectivity index is 1.03. The van der Waals surface area contributed by atoms with Crippen LogP contribution in [-0.4, -0.2) is 4.57 Å². The molecule has 0 N–H and O–H groups in total. The van der Waals surface area contributed by atoms with Crippen molar-refractivity contribution in [2.45, 2.75) is 0 Å². The molecule has 0 aliphatic heterocycles. The third kappa shape index (κ3) is 4.74. The van der Waals surface area contributed by atoms with Gasteiger partial charge in [-0.05, 0) is 92.0 Å². The maximum absolute atomic E-state index is 2.46. The minimum Gasteiger partial charge on any atom is -0.310 e. The summed E-state index contributed by atoms with van der Waals surface area (Å²) in [6.07, 6.45) is 0. The van der Waals surface area contributed by atoms with E-state index in [1.165, 1.54) is 76.0 Å². The molecule has 0 unspecified atom stereocenters. The van der Waals surface area contributed by atoms with Gasteiger partial charge in [0.2, 0.25) is 0 Å². The Kier molecular flexibility index (Phi) is 6.90. The highest BCUT2D eigenvalue weighted by Gasteiger charge is 2.19. The molecule has 2 heteroatoms. The molecule has 0 fully saturated rings. The Bertz CT molecular complexity index is 3200. The summed E-state index contributed by atoms with van der Waals surface area (Å²) in [5.74, 6) is 0. The van der Waals surface area contributed by atoms with E-state index in [0.717, 1.165) is 22.7 Å². The Morgan fingerprint density at radius 2 is 0.870 bits per heavy atom. The van der Waals surface area contributed by atoms with Gasteiger partial charge in [0.15, 0.2) is 0 Å². The van der Waals surface area contributed by atoms with E-state index in [1.54, 1.807) is 0 Å². The van der Waals surface area contributed by atoms with E-state index in [1.807, 2.05) is 0 Å². The lowest BCUT2D eigenvalue weighted by molar-refractivity contribution is 1.19. The second-order valence-electron chi connectivity index (χ2n) is 14.1. The maximum atomic E-state index is 2.46. The first-order valence-electron chi connectivity index (χ1n) is 18.6. The van der Waals surface area contributed by atoms with Crippen molar-refractivity contribution in [3.8, 4) is 16.8 Å². The summed E-state index contributed by atoms with van der Waals surface area (Å²) >= 11 is 0. The Labute approximate surface area is 313 Å². The zero-order valence-electron chi connectivity index (χ0n) is 29.5. The summed E-state index contributed by atoms with van der Waals surface area (Å²) in [6, 6.07) is 75.1. The highest BCUT2D eigenvalue weighted by atomic mass is 15.1. The Morgan fingerprint density at radius 1 is 0.333 bits per heavy atom. The van der Waals surface area contributed by atoms with Gasteiger partial charge in [0.05, 0.1) is 16.7 Å². The number of benzene rings is 10. The van der Waals surface area contributed by atoms with Crippen molar-refractivity contribution >= 4 is 82.0 Å². The van der Waals surface area contributed by atoms with Gasteiger partial charge in [-0.3, -0.25) is 0 Å². The molecule has 11 aromatic rings. The molecular formula is C52H34N2. The van der Waals surface area contributed by atoms with Crippen molar-refractivity contribution in [1.29, 1.82) is 0 Å². The first-order chi connectivity index (χ1) is 26.8. The zero-order valence-corrected chi connectivity index (χ0v) is 29.5. The molecule has 0 saturated heterocycles. The SMILES string of the molecule is c1ccc2cc(N(c3ccc(-c4ccc(-n5c6ccccc6c6c7ccccc7c7ccccc7c65)cc4)cc3)c3cccc4ccccc34)ccc2c1. The number of fused-ring (bicyclic) bond motifs is 10. The third-order valence-corrected chi connectivity index (χ3v) is 11.1. The van der Waals surface area contributed by atoms with Crippen molar-refractivity contribution in [1.82, 2.24) is 4.57 Å². The number of anilines is 3. The number of rotatable bonds is 5. The molecule has 0 aliphatic carbocycles. The van der Waals surface area contributed by atoms with Gasteiger partial charge >= 0.3 is 0 Å². The highest BCUT2D eigenvalue weighted by molar-refractivity contribution is 6.32. The summed E-state index contributed by atoms with van der Waals surface area (Å²) in [5, 5.41) is 12.6. The first-order valence-corrected chi connectivity index (χ1v) is 18.6. The van der Waals surface area contributed by atoms with Crippen LogP contribution in [-0.2, 0) is 0 Å². The summed E-state index contributed by atoms with van der Waals surface area (Å²) in [4.78, 5) is 2.39. The van der Waals surface area contributed by atoms with Crippen LogP contribution in [0.1, 0.15) is 0 Å². The lowest BCUT2D eigenvalue weighted by Crippen LogP contribution is -2.10. The van der Waals surface area contributed by atoms with E-state index in [9.17, 15) is 0 Å². The average molecular weight is 687 g/mol. The van der Waals surface area contributed by atoms with Crippen LogP contribution in [0.4, 0.5) is 17.1 Å². The standard InChI is InChI=1S/C52H34N2/c1-2-14-39-34-42(33-28-35(39)12-1)53(49-23-11-15-38-13-3-4-16-43(38)49)40-29-24-36(25-30-40)37-26-31-41(32-27-37)54-50-22-10-9-21-48(50)51-46-19-7-5-17-44(46)45-18-6-8-20-47(45)52(51)54/h1-34H. The van der Waals surface area contributed by atoms with E-state index in [-0.39, 0.29) is 0 Å². The van der Waals surface area contributed by atoms with Crippen LogP contribution >= 0.6 is 0 Å². The topological polar surface area (TPSA) is 8.17 Å². The predicted molar refractivity (Wildman–Crippen MR) is 231 cm³/mol. The molecule has 0 atom stereocenters. The summed E-state index contributed by atoms with van der Waals surface area (Å²) in [6.45, 7) is 0. The van der Waals surface area contributed by atoms with Crippen molar-refractivity contribution in [3.05, 3.63) is 206 Å². The quantitative estimate of drug-likeness (QED) is 0.164. The monoisotopic (exact) mass is 686 g/mol. The summed E-state index contributed by atoms with van der Waals surface area (Å²) < 4.78 is 2.46. The van der Waals surface area contributed by atoms with Gasteiger partial charge in [0.1, 0.15) is 0 Å². The smallest absolute Gasteiger partial charge is 0.0625 e. The molecule has 1 heterocycles. The molecule has 252 valence electrons. The van der Waals surface area contributed by atoms with E-state index in [0.29, 0.717) is 0 Å². The predicted octanol–water partition coefficient (Wildman–Crippen LogP) is 14.5. The fraction of sp³-hybridized carbons (Fsp3) is 0. The normalized spacial score (nSPS) is 11.7. The van der Waals surface area contributed by atoms with Gasteiger partial charge in [-0.15, -0.1) is 0 Å². The average Bonchev–Trinajstić information content (AvgIpc) is 3.60. The first kappa shape index (κ1) is 30.5. The van der Waals surface area contributed by atoms with E-state index < -0.39 is 0 Å². The second kappa shape index (κ2) is 12.2. The number of para-hydroxylation sites is 1. The summed E-state index contributed by atoms with van der Waals surface area (Å²) in [5.41, 5.74) is 9.40. The molecule has 1 aromatic heterocycles. The summed E-state index contributed by atoms with van der Waals surface area (Å²) in [7, 11) is 0. The van der Waals surface area contributed by atoms with Gasteiger partial charge in [-0.2, -0.15) is 0 Å². The minimum atomic E-state index is 1.12. The van der Waals surface area contributed by atoms with Crippen LogP contribution < -0.4 is 4.90 Å². The molecule has 54 heavy (non-hydrogen) atoms. The highest BCUT2D eigenvalue weighted by Crippen LogP contribution is 2.43. The van der Waals surface area contributed by atoms with E-state index in [4.69, 9.17) is 0 Å². The van der Waals surface area contributed by atoms with Gasteiger partial charge in [-0.1, -0.05) is 158 Å². The van der Waals surface area contributed by atoms with Crippen LogP contribution in [0, 0.1) is 0 Å². The van der Waals surface area contributed by atoms with Crippen molar-refractivity contribution in [2.24, 2.45) is 0 Å². The lowest BCUT2D eigenvalue weighted by atomic mass is 9.97.